The molecule has 0 bridgehead atoms. The van der Waals surface area contributed by atoms with Crippen LogP contribution >= 0.6 is 11.3 Å². The second-order valence-electron chi connectivity index (χ2n) is 6.21. The van der Waals surface area contributed by atoms with Crippen molar-refractivity contribution >= 4 is 33.8 Å². The van der Waals surface area contributed by atoms with Gasteiger partial charge in [-0.25, -0.2) is 9.59 Å². The molecule has 1 aromatic carbocycles. The number of aromatic nitrogens is 2. The molecule has 0 saturated carbocycles. The highest BCUT2D eigenvalue weighted by atomic mass is 32.1. The van der Waals surface area contributed by atoms with Gasteiger partial charge >= 0.3 is 11.7 Å². The topological polar surface area (TPSA) is 108 Å². The summed E-state index contributed by atoms with van der Waals surface area (Å²) in [5.41, 5.74) is 0.385. The summed E-state index contributed by atoms with van der Waals surface area (Å²) in [6, 6.07) is 9.64. The maximum atomic E-state index is 12.9. The molecule has 8 nitrogen and oxygen atoms in total. The van der Waals surface area contributed by atoms with E-state index in [1.54, 1.807) is 13.8 Å². The van der Waals surface area contributed by atoms with Crippen molar-refractivity contribution < 1.29 is 19.4 Å². The van der Waals surface area contributed by atoms with Crippen molar-refractivity contribution in [2.45, 2.75) is 47.2 Å². The van der Waals surface area contributed by atoms with Crippen LogP contribution in [-0.2, 0) is 29.0 Å². The van der Waals surface area contributed by atoms with Gasteiger partial charge in [-0.15, -0.1) is 11.3 Å². The average Bonchev–Trinajstić information content (AvgIpc) is 3.17. The lowest BCUT2D eigenvalue weighted by Gasteiger charge is -2.10. The number of rotatable bonds is 7. The lowest BCUT2D eigenvalue weighted by atomic mass is 10.1. The molecule has 0 amide bonds. The lowest BCUT2D eigenvalue weighted by molar-refractivity contribution is -0.108. The standard InChI is InChI=1S/C20H20N2O5S.C2H6.CH4O/c1-3-27-19(25)16-13(2)15-17(24)21(11-12-23)20(26)22(18(15)28-16)10-9-14-7-5-4-6-8-14;2*1-2/h4-8,12H,3,9-11H2,1-2H3;1-2H3;2H,1H3. The van der Waals surface area contributed by atoms with E-state index in [9.17, 15) is 19.2 Å². The molecule has 174 valence electrons. The average molecular weight is 463 g/mol. The molecular formula is C23H30N2O6S. The van der Waals surface area contributed by atoms with E-state index in [1.807, 2.05) is 44.2 Å². The Hall–Kier alpha value is -3.04. The van der Waals surface area contributed by atoms with Crippen molar-refractivity contribution in [2.75, 3.05) is 13.7 Å². The van der Waals surface area contributed by atoms with Crippen LogP contribution in [0.15, 0.2) is 39.9 Å². The first kappa shape index (κ1) is 27.0. The first-order valence-corrected chi connectivity index (χ1v) is 11.2. The molecule has 0 unspecified atom stereocenters. The van der Waals surface area contributed by atoms with Gasteiger partial charge in [0, 0.05) is 13.7 Å². The third-order valence-electron chi connectivity index (χ3n) is 4.48. The number of nitrogens with zero attached hydrogens (tertiary/aromatic N) is 2. The van der Waals surface area contributed by atoms with Gasteiger partial charge in [0.1, 0.15) is 16.0 Å². The first-order valence-electron chi connectivity index (χ1n) is 10.4. The summed E-state index contributed by atoms with van der Waals surface area (Å²) in [5.74, 6) is -0.524. The van der Waals surface area contributed by atoms with Crippen molar-refractivity contribution in [3.05, 3.63) is 67.2 Å². The summed E-state index contributed by atoms with van der Waals surface area (Å²) in [4.78, 5) is 49.7. The van der Waals surface area contributed by atoms with E-state index in [0.717, 1.165) is 28.6 Å². The van der Waals surface area contributed by atoms with E-state index in [-0.39, 0.29) is 18.5 Å². The Morgan fingerprint density at radius 3 is 2.31 bits per heavy atom. The van der Waals surface area contributed by atoms with Crippen molar-refractivity contribution in [1.82, 2.24) is 9.13 Å². The Balaban J connectivity index is 0.00000121. The number of aliphatic hydroxyl groups excluding tert-OH is 1. The SMILES string of the molecule is CC.CCOC(=O)c1sc2c(c1C)c(=O)n(CC=O)c(=O)n2CCc1ccccc1.CO. The van der Waals surface area contributed by atoms with Crippen LogP contribution in [0.3, 0.4) is 0 Å². The Kier molecular flexibility index (Phi) is 11.3. The number of aldehydes is 1. The fourth-order valence-corrected chi connectivity index (χ4v) is 4.32. The van der Waals surface area contributed by atoms with Crippen LogP contribution in [-0.4, -0.2) is 40.2 Å². The molecule has 0 spiro atoms. The van der Waals surface area contributed by atoms with E-state index in [0.29, 0.717) is 34.5 Å². The number of fused-ring (bicyclic) bond motifs is 1. The summed E-state index contributed by atoms with van der Waals surface area (Å²) in [7, 11) is 1.00. The van der Waals surface area contributed by atoms with Crippen LogP contribution in [0.5, 0.6) is 0 Å². The van der Waals surface area contributed by atoms with Crippen molar-refractivity contribution in [3.63, 3.8) is 0 Å². The highest BCUT2D eigenvalue weighted by Gasteiger charge is 2.23. The Labute approximate surface area is 190 Å². The third-order valence-corrected chi connectivity index (χ3v) is 5.77. The number of carbonyl (C=O) groups is 2. The van der Waals surface area contributed by atoms with Gasteiger partial charge in [-0.1, -0.05) is 44.2 Å². The molecule has 9 heteroatoms. The smallest absolute Gasteiger partial charge is 0.348 e. The number of thiophene rings is 1. The number of carbonyl (C=O) groups excluding carboxylic acids is 2. The molecule has 0 aliphatic heterocycles. The largest absolute Gasteiger partial charge is 0.462 e. The number of benzene rings is 1. The quantitative estimate of drug-likeness (QED) is 0.427. The molecule has 0 radical (unpaired) electrons. The predicted octanol–water partition coefficient (Wildman–Crippen LogP) is 2.79. The highest BCUT2D eigenvalue weighted by Crippen LogP contribution is 2.28. The van der Waals surface area contributed by atoms with Gasteiger partial charge in [-0.2, -0.15) is 0 Å². The molecule has 3 rings (SSSR count). The second-order valence-corrected chi connectivity index (χ2v) is 7.21. The van der Waals surface area contributed by atoms with Gasteiger partial charge in [0.2, 0.25) is 0 Å². The molecule has 0 atom stereocenters. The zero-order chi connectivity index (χ0) is 24.3. The fourth-order valence-electron chi connectivity index (χ4n) is 3.10. The van der Waals surface area contributed by atoms with Gasteiger partial charge in [0.05, 0.1) is 18.5 Å². The number of ether oxygens (including phenoxy) is 1. The molecule has 32 heavy (non-hydrogen) atoms. The molecule has 0 fully saturated rings. The Morgan fingerprint density at radius 1 is 1.12 bits per heavy atom. The molecule has 2 heterocycles. The Morgan fingerprint density at radius 2 is 1.75 bits per heavy atom. The van der Waals surface area contributed by atoms with Crippen LogP contribution in [0.25, 0.3) is 10.2 Å². The van der Waals surface area contributed by atoms with Gasteiger partial charge < -0.3 is 14.6 Å². The predicted molar refractivity (Wildman–Crippen MR) is 127 cm³/mol. The summed E-state index contributed by atoms with van der Waals surface area (Å²) >= 11 is 1.08. The van der Waals surface area contributed by atoms with E-state index >= 15 is 0 Å². The highest BCUT2D eigenvalue weighted by molar-refractivity contribution is 7.20. The minimum atomic E-state index is -0.563. The van der Waals surface area contributed by atoms with Gasteiger partial charge in [0.25, 0.3) is 5.56 Å². The van der Waals surface area contributed by atoms with Crippen molar-refractivity contribution in [1.29, 1.82) is 0 Å². The van der Waals surface area contributed by atoms with Crippen LogP contribution in [0, 0.1) is 6.92 Å². The molecule has 0 aliphatic carbocycles. The number of hydrogen-bond acceptors (Lipinski definition) is 7. The molecule has 0 aliphatic rings. The first-order chi connectivity index (χ1) is 15.5. The molecule has 0 saturated heterocycles. The summed E-state index contributed by atoms with van der Waals surface area (Å²) < 4.78 is 7.45. The monoisotopic (exact) mass is 462 g/mol. The number of aliphatic hydroxyl groups is 1. The Bertz CT molecular complexity index is 1150. The zero-order valence-corrected chi connectivity index (χ0v) is 19.9. The van der Waals surface area contributed by atoms with Gasteiger partial charge in [0.15, 0.2) is 0 Å². The number of esters is 1. The van der Waals surface area contributed by atoms with E-state index < -0.39 is 17.2 Å². The van der Waals surface area contributed by atoms with Crippen LogP contribution in [0.2, 0.25) is 0 Å². The van der Waals surface area contributed by atoms with Gasteiger partial charge in [-0.3, -0.25) is 13.9 Å². The van der Waals surface area contributed by atoms with E-state index in [1.165, 1.54) is 4.57 Å². The van der Waals surface area contributed by atoms with Crippen LogP contribution in [0.4, 0.5) is 0 Å². The van der Waals surface area contributed by atoms with E-state index in [4.69, 9.17) is 9.84 Å². The third kappa shape index (κ3) is 5.80. The van der Waals surface area contributed by atoms with Crippen LogP contribution < -0.4 is 11.2 Å². The van der Waals surface area contributed by atoms with Crippen molar-refractivity contribution in [3.8, 4) is 0 Å². The second kappa shape index (κ2) is 13.4. The number of aryl methyl sites for hydroxylation is 3. The zero-order valence-electron chi connectivity index (χ0n) is 19.1. The minimum absolute atomic E-state index is 0.211. The minimum Gasteiger partial charge on any atom is -0.462 e. The van der Waals surface area contributed by atoms with Crippen LogP contribution in [0.1, 0.15) is 41.6 Å². The normalized spacial score (nSPS) is 9.94. The van der Waals surface area contributed by atoms with E-state index in [2.05, 4.69) is 0 Å². The number of hydrogen-bond donors (Lipinski definition) is 1. The summed E-state index contributed by atoms with van der Waals surface area (Å²) in [6.07, 6.45) is 1.09. The fraction of sp³-hybridized carbons (Fsp3) is 0.391. The maximum Gasteiger partial charge on any atom is 0.348 e. The summed E-state index contributed by atoms with van der Waals surface area (Å²) in [6.45, 7) is 7.56. The molecule has 3 aromatic rings. The molecule has 2 aromatic heterocycles. The van der Waals surface area contributed by atoms with Gasteiger partial charge in [-0.05, 0) is 31.4 Å². The molecular weight excluding hydrogens is 432 g/mol. The lowest BCUT2D eigenvalue weighted by Crippen LogP contribution is -2.40. The molecule has 1 N–H and O–H groups in total. The summed E-state index contributed by atoms with van der Waals surface area (Å²) in [5, 5.41) is 7.28. The maximum absolute atomic E-state index is 12.9. The van der Waals surface area contributed by atoms with Crippen molar-refractivity contribution in [2.24, 2.45) is 0 Å².